The predicted octanol–water partition coefficient (Wildman–Crippen LogP) is 2.04. The van der Waals surface area contributed by atoms with Crippen LogP contribution in [0.5, 0.6) is 0 Å². The summed E-state index contributed by atoms with van der Waals surface area (Å²) < 4.78 is 0. The van der Waals surface area contributed by atoms with Gasteiger partial charge in [-0.2, -0.15) is 0 Å². The molecule has 19 heavy (non-hydrogen) atoms. The third-order valence-corrected chi connectivity index (χ3v) is 3.67. The van der Waals surface area contributed by atoms with Gasteiger partial charge in [-0.25, -0.2) is 4.98 Å². The summed E-state index contributed by atoms with van der Waals surface area (Å²) in [6.07, 6.45) is 0.885. The van der Waals surface area contributed by atoms with Crippen LogP contribution in [-0.2, 0) is 6.42 Å². The number of hydrogen-bond acceptors (Lipinski definition) is 4. The minimum Gasteiger partial charge on any atom is -0.330 e. The first-order valence-electron chi connectivity index (χ1n) is 6.14. The van der Waals surface area contributed by atoms with Gasteiger partial charge in [0.05, 0.1) is 0 Å². The van der Waals surface area contributed by atoms with Gasteiger partial charge in [0.2, 0.25) is 0 Å². The topological polar surface area (TPSA) is 71.8 Å². The van der Waals surface area contributed by atoms with E-state index >= 15 is 0 Å². The van der Waals surface area contributed by atoms with Gasteiger partial charge < -0.3 is 10.7 Å². The molecule has 0 aliphatic carbocycles. The molecule has 0 amide bonds. The summed E-state index contributed by atoms with van der Waals surface area (Å²) in [5.41, 5.74) is 8.65. The van der Waals surface area contributed by atoms with Gasteiger partial charge >= 0.3 is 0 Å². The van der Waals surface area contributed by atoms with Crippen molar-refractivity contribution in [1.29, 1.82) is 0 Å². The first-order valence-corrected chi connectivity index (χ1v) is 6.95. The Bertz CT molecular complexity index is 637. The third-order valence-electron chi connectivity index (χ3n) is 2.79. The number of benzene rings is 1. The maximum atomic E-state index is 11.4. The Labute approximate surface area is 116 Å². The molecule has 0 unspecified atom stereocenters. The van der Waals surface area contributed by atoms with Crippen LogP contribution in [0.3, 0.4) is 0 Å². The highest BCUT2D eigenvalue weighted by Crippen LogP contribution is 2.26. The second-order valence-corrected chi connectivity index (χ2v) is 5.48. The number of aryl methyl sites for hydroxylation is 2. The van der Waals surface area contributed by atoms with Gasteiger partial charge in [-0.15, -0.1) is 0 Å². The van der Waals surface area contributed by atoms with E-state index in [0.717, 1.165) is 17.0 Å². The highest BCUT2D eigenvalue weighted by atomic mass is 32.2. The lowest BCUT2D eigenvalue weighted by atomic mass is 10.1. The molecular weight excluding hydrogens is 258 g/mol. The summed E-state index contributed by atoms with van der Waals surface area (Å²) in [7, 11) is 0. The zero-order chi connectivity index (χ0) is 13.8. The van der Waals surface area contributed by atoms with Crippen LogP contribution in [0.25, 0.3) is 0 Å². The molecule has 1 heterocycles. The zero-order valence-corrected chi connectivity index (χ0v) is 11.9. The Morgan fingerprint density at radius 3 is 2.74 bits per heavy atom. The monoisotopic (exact) mass is 275 g/mol. The summed E-state index contributed by atoms with van der Waals surface area (Å²) >= 11 is 1.46. The third kappa shape index (κ3) is 3.68. The van der Waals surface area contributed by atoms with Gasteiger partial charge in [0.15, 0.2) is 5.16 Å². The molecule has 3 N–H and O–H groups in total. The van der Waals surface area contributed by atoms with Crippen molar-refractivity contribution >= 4 is 11.8 Å². The number of aromatic nitrogens is 2. The Morgan fingerprint density at radius 2 is 2.11 bits per heavy atom. The molecule has 4 nitrogen and oxygen atoms in total. The van der Waals surface area contributed by atoms with E-state index in [4.69, 9.17) is 5.73 Å². The van der Waals surface area contributed by atoms with Crippen LogP contribution in [0.1, 0.15) is 16.8 Å². The molecule has 5 heteroatoms. The first kappa shape index (κ1) is 13.8. The maximum Gasteiger partial charge on any atom is 0.251 e. The minimum absolute atomic E-state index is 0.119. The standard InChI is InChI=1S/C14H17N3OS/c1-9-7-12(4-3-11(9)5-6-15)19-14-16-10(2)8-13(18)17-14/h3-4,7-8H,5-6,15H2,1-2H3,(H,16,17,18). The van der Waals surface area contributed by atoms with Gasteiger partial charge in [-0.05, 0) is 50.1 Å². The van der Waals surface area contributed by atoms with E-state index in [-0.39, 0.29) is 5.56 Å². The lowest BCUT2D eigenvalue weighted by molar-refractivity contribution is 0.904. The van der Waals surface area contributed by atoms with Crippen LogP contribution >= 0.6 is 11.8 Å². The molecule has 0 spiro atoms. The lowest BCUT2D eigenvalue weighted by Gasteiger charge is -2.07. The lowest BCUT2D eigenvalue weighted by Crippen LogP contribution is -2.08. The Kier molecular flexibility index (Phi) is 4.39. The Hall–Kier alpha value is -1.59. The van der Waals surface area contributed by atoms with E-state index in [1.165, 1.54) is 29.0 Å². The van der Waals surface area contributed by atoms with Crippen LogP contribution in [0.4, 0.5) is 0 Å². The van der Waals surface area contributed by atoms with E-state index in [1.54, 1.807) is 0 Å². The van der Waals surface area contributed by atoms with Gasteiger partial charge in [0.1, 0.15) is 0 Å². The molecule has 0 radical (unpaired) electrons. The van der Waals surface area contributed by atoms with E-state index in [9.17, 15) is 4.79 Å². The molecule has 0 aliphatic heterocycles. The van der Waals surface area contributed by atoms with E-state index in [2.05, 4.69) is 29.0 Å². The van der Waals surface area contributed by atoms with Gasteiger partial charge in [-0.1, -0.05) is 17.8 Å². The van der Waals surface area contributed by atoms with Crippen LogP contribution in [0, 0.1) is 13.8 Å². The number of nitrogens with one attached hydrogen (secondary N) is 1. The first-order chi connectivity index (χ1) is 9.08. The number of aromatic amines is 1. The number of nitrogens with two attached hydrogens (primary N) is 1. The molecule has 2 rings (SSSR count). The van der Waals surface area contributed by atoms with Crippen LogP contribution < -0.4 is 11.3 Å². The fourth-order valence-corrected chi connectivity index (χ4v) is 2.82. The molecule has 0 saturated heterocycles. The van der Waals surface area contributed by atoms with Crippen molar-refractivity contribution in [2.75, 3.05) is 6.54 Å². The number of H-pyrrole nitrogens is 1. The molecule has 1 aromatic carbocycles. The van der Waals surface area contributed by atoms with Crippen molar-refractivity contribution in [1.82, 2.24) is 9.97 Å². The SMILES string of the molecule is Cc1cc(=O)[nH]c(Sc2ccc(CCN)c(C)c2)n1. The largest absolute Gasteiger partial charge is 0.330 e. The molecule has 1 aromatic heterocycles. The maximum absolute atomic E-state index is 11.4. The summed E-state index contributed by atoms with van der Waals surface area (Å²) in [5.74, 6) is 0. The van der Waals surface area contributed by atoms with Crippen molar-refractivity contribution < 1.29 is 0 Å². The molecule has 0 bridgehead atoms. The van der Waals surface area contributed by atoms with Gasteiger partial charge in [0, 0.05) is 16.7 Å². The van der Waals surface area contributed by atoms with Crippen molar-refractivity contribution in [2.24, 2.45) is 5.73 Å². The van der Waals surface area contributed by atoms with Crippen LogP contribution in [0.15, 0.2) is 39.1 Å². The second kappa shape index (κ2) is 6.04. The minimum atomic E-state index is -0.119. The van der Waals surface area contributed by atoms with Crippen molar-refractivity contribution in [3.63, 3.8) is 0 Å². The van der Waals surface area contributed by atoms with Gasteiger partial charge in [0.25, 0.3) is 5.56 Å². The Balaban J connectivity index is 2.23. The summed E-state index contributed by atoms with van der Waals surface area (Å²) in [5, 5.41) is 0.621. The zero-order valence-electron chi connectivity index (χ0n) is 11.1. The summed E-state index contributed by atoms with van der Waals surface area (Å²) in [6, 6.07) is 7.70. The molecule has 0 aliphatic rings. The number of hydrogen-bond donors (Lipinski definition) is 2. The van der Waals surface area contributed by atoms with E-state index in [1.807, 2.05) is 13.0 Å². The summed E-state index contributed by atoms with van der Waals surface area (Å²) in [6.45, 7) is 4.54. The predicted molar refractivity (Wildman–Crippen MR) is 77.7 cm³/mol. The van der Waals surface area contributed by atoms with E-state index in [0.29, 0.717) is 11.7 Å². The fourth-order valence-electron chi connectivity index (χ4n) is 1.88. The van der Waals surface area contributed by atoms with Crippen LogP contribution in [-0.4, -0.2) is 16.5 Å². The molecule has 0 atom stereocenters. The average Bonchev–Trinajstić information content (AvgIpc) is 2.31. The average molecular weight is 275 g/mol. The fraction of sp³-hybridized carbons (Fsp3) is 0.286. The normalized spacial score (nSPS) is 10.7. The molecule has 0 fully saturated rings. The van der Waals surface area contributed by atoms with Crippen LogP contribution in [0.2, 0.25) is 0 Å². The van der Waals surface area contributed by atoms with E-state index < -0.39 is 0 Å². The Morgan fingerprint density at radius 1 is 1.32 bits per heavy atom. The number of rotatable bonds is 4. The molecule has 0 saturated carbocycles. The highest BCUT2D eigenvalue weighted by molar-refractivity contribution is 7.99. The van der Waals surface area contributed by atoms with Crippen molar-refractivity contribution in [3.8, 4) is 0 Å². The number of nitrogens with zero attached hydrogens (tertiary/aromatic N) is 1. The smallest absolute Gasteiger partial charge is 0.251 e. The quantitative estimate of drug-likeness (QED) is 0.838. The van der Waals surface area contributed by atoms with Gasteiger partial charge in [-0.3, -0.25) is 4.79 Å². The molecular formula is C14H17N3OS. The van der Waals surface area contributed by atoms with Crippen molar-refractivity contribution in [3.05, 3.63) is 51.4 Å². The second-order valence-electron chi connectivity index (χ2n) is 4.42. The van der Waals surface area contributed by atoms with Crippen molar-refractivity contribution in [2.45, 2.75) is 30.3 Å². The highest BCUT2D eigenvalue weighted by Gasteiger charge is 2.04. The molecule has 100 valence electrons. The molecule has 2 aromatic rings. The summed E-state index contributed by atoms with van der Waals surface area (Å²) in [4.78, 5) is 19.5.